The van der Waals surface area contributed by atoms with E-state index >= 15 is 0 Å². The van der Waals surface area contributed by atoms with E-state index in [9.17, 15) is 13.9 Å². The summed E-state index contributed by atoms with van der Waals surface area (Å²) in [6.07, 6.45) is 3.41. The zero-order chi connectivity index (χ0) is 25.0. The molecule has 0 aliphatic carbocycles. The fourth-order valence-corrected chi connectivity index (χ4v) is 4.42. The van der Waals surface area contributed by atoms with Crippen molar-refractivity contribution < 1.29 is 13.9 Å². The summed E-state index contributed by atoms with van der Waals surface area (Å²) in [5, 5.41) is 15.9. The molecule has 2 aromatic rings. The lowest BCUT2D eigenvalue weighted by atomic mass is 10.1. The summed E-state index contributed by atoms with van der Waals surface area (Å²) in [4.78, 5) is 20.2. The van der Waals surface area contributed by atoms with Crippen LogP contribution in [-0.2, 0) is 6.42 Å². The molecule has 7 N–H and O–H groups in total. The maximum absolute atomic E-state index is 13.2. The highest BCUT2D eigenvalue weighted by Gasteiger charge is 2.39. The molecule has 192 valence electrons. The van der Waals surface area contributed by atoms with Crippen molar-refractivity contribution in [2.24, 2.45) is 0 Å². The van der Waals surface area contributed by atoms with Crippen LogP contribution in [0.5, 0.6) is 0 Å². The third-order valence-corrected chi connectivity index (χ3v) is 6.14. The summed E-state index contributed by atoms with van der Waals surface area (Å²) in [7, 11) is 0. The van der Waals surface area contributed by atoms with Gasteiger partial charge in [-0.1, -0.05) is 6.92 Å². The van der Waals surface area contributed by atoms with Crippen LogP contribution in [0.2, 0.25) is 0 Å². The zero-order valence-electron chi connectivity index (χ0n) is 20.0. The van der Waals surface area contributed by atoms with Gasteiger partial charge in [0.25, 0.3) is 5.92 Å². The number of β-amino-alcohol motifs (C(OH)–C–C–N with tert-alkyl or cyclic N) is 1. The molecule has 2 saturated heterocycles. The number of aromatic nitrogens is 4. The number of nitrogens with zero attached hydrogens (tertiary/aromatic N) is 6. The quantitative estimate of drug-likeness (QED) is 0.414. The second kappa shape index (κ2) is 10.6. The largest absolute Gasteiger partial charge is 0.391 e. The molecule has 0 unspecified atom stereocenters. The number of alkyl halides is 2. The van der Waals surface area contributed by atoms with Crippen molar-refractivity contribution in [3.8, 4) is 0 Å². The fourth-order valence-electron chi connectivity index (χ4n) is 4.42. The van der Waals surface area contributed by atoms with Gasteiger partial charge in [0.15, 0.2) is 0 Å². The van der Waals surface area contributed by atoms with Crippen LogP contribution in [0.3, 0.4) is 0 Å². The van der Waals surface area contributed by atoms with Gasteiger partial charge in [0.05, 0.1) is 12.6 Å². The molecule has 35 heavy (non-hydrogen) atoms. The monoisotopic (exact) mass is 492 g/mol. The SMILES string of the molecule is CCCNc1cc(N2CCC(F)(F)C2)nc(N)n1.Nc1nc2c(c(N3CC[C@H](O)C3)n1)CCCN2. The number of hydrogen-bond acceptors (Lipinski definition) is 11. The van der Waals surface area contributed by atoms with Crippen molar-refractivity contribution in [2.75, 3.05) is 71.2 Å². The smallest absolute Gasteiger partial charge is 0.266 e. The molecule has 2 aromatic heterocycles. The lowest BCUT2D eigenvalue weighted by molar-refractivity contribution is 0.0256. The minimum atomic E-state index is -2.64. The summed E-state index contributed by atoms with van der Waals surface area (Å²) in [5.74, 6) is 0.552. The van der Waals surface area contributed by atoms with E-state index in [4.69, 9.17) is 11.5 Å². The number of nitrogens with one attached hydrogen (secondary N) is 2. The molecule has 1 atom stereocenters. The normalized spacial score (nSPS) is 20.6. The van der Waals surface area contributed by atoms with E-state index in [1.807, 2.05) is 6.92 Å². The van der Waals surface area contributed by atoms with Crippen LogP contribution in [-0.4, -0.2) is 76.3 Å². The molecule has 5 rings (SSSR count). The van der Waals surface area contributed by atoms with E-state index in [2.05, 4.69) is 35.5 Å². The molecule has 0 spiro atoms. The lowest BCUT2D eigenvalue weighted by Crippen LogP contribution is -2.26. The molecule has 2 fully saturated rings. The number of fused-ring (bicyclic) bond motifs is 1. The molecule has 0 saturated carbocycles. The second-order valence-electron chi connectivity index (χ2n) is 9.08. The Morgan fingerprint density at radius 3 is 2.66 bits per heavy atom. The molecule has 13 heteroatoms. The van der Waals surface area contributed by atoms with E-state index < -0.39 is 5.92 Å². The molecule has 3 aliphatic rings. The molecule has 5 heterocycles. The number of halogens is 2. The molecule has 0 amide bonds. The zero-order valence-corrected chi connectivity index (χ0v) is 20.0. The van der Waals surface area contributed by atoms with Gasteiger partial charge in [0, 0.05) is 50.8 Å². The Balaban J connectivity index is 0.000000165. The fraction of sp³-hybridized carbons (Fsp3) is 0.636. The number of hydrogen-bond donors (Lipinski definition) is 5. The van der Waals surface area contributed by atoms with Crippen LogP contribution in [0.4, 0.5) is 43.9 Å². The summed E-state index contributed by atoms with van der Waals surface area (Å²) in [6, 6.07) is 1.66. The standard InChI is InChI=1S/C11H17F2N5.C11H17N5O/c1-2-4-15-8-6-9(17-10(14)16-8)18-5-3-11(12,13)7-18;12-11-14-9-8(2-1-4-13-9)10(15-11)16-5-3-7(17)6-16/h6H,2-5,7H2,1H3,(H3,14,15,16,17);7,17H,1-6H2,(H3,12,13,14,15)/t;7-/m.0/s1. The average molecular weight is 493 g/mol. The second-order valence-corrected chi connectivity index (χ2v) is 9.08. The van der Waals surface area contributed by atoms with Gasteiger partial charge in [0.2, 0.25) is 11.9 Å². The molecule has 0 radical (unpaired) electrons. The maximum Gasteiger partial charge on any atom is 0.266 e. The van der Waals surface area contributed by atoms with Crippen molar-refractivity contribution in [2.45, 2.75) is 51.1 Å². The van der Waals surface area contributed by atoms with Gasteiger partial charge in [-0.2, -0.15) is 19.9 Å². The van der Waals surface area contributed by atoms with Crippen molar-refractivity contribution in [1.29, 1.82) is 0 Å². The number of aliphatic hydroxyl groups is 1. The van der Waals surface area contributed by atoms with Gasteiger partial charge < -0.3 is 37.0 Å². The van der Waals surface area contributed by atoms with Crippen LogP contribution in [0.1, 0.15) is 38.2 Å². The van der Waals surface area contributed by atoms with Crippen LogP contribution >= 0.6 is 0 Å². The lowest BCUT2D eigenvalue weighted by Gasteiger charge is -2.25. The molecule has 0 aromatic carbocycles. The van der Waals surface area contributed by atoms with E-state index in [-0.39, 0.29) is 31.6 Å². The highest BCUT2D eigenvalue weighted by atomic mass is 19.3. The van der Waals surface area contributed by atoms with Gasteiger partial charge in [-0.15, -0.1) is 0 Å². The van der Waals surface area contributed by atoms with Gasteiger partial charge in [-0.05, 0) is 25.7 Å². The van der Waals surface area contributed by atoms with E-state index in [1.54, 1.807) is 6.07 Å². The maximum atomic E-state index is 13.2. The molecular formula is C22H34F2N10O. The summed E-state index contributed by atoms with van der Waals surface area (Å²) >= 11 is 0. The minimum absolute atomic E-state index is 0.0984. The number of anilines is 6. The Bertz CT molecular complexity index is 1020. The molecule has 0 bridgehead atoms. The summed E-state index contributed by atoms with van der Waals surface area (Å²) < 4.78 is 26.3. The van der Waals surface area contributed by atoms with Crippen molar-refractivity contribution >= 4 is 35.2 Å². The molecule has 11 nitrogen and oxygen atoms in total. The van der Waals surface area contributed by atoms with Gasteiger partial charge in [0.1, 0.15) is 23.3 Å². The van der Waals surface area contributed by atoms with Gasteiger partial charge in [-0.3, -0.25) is 0 Å². The highest BCUT2D eigenvalue weighted by Crippen LogP contribution is 2.32. The Morgan fingerprint density at radius 1 is 1.17 bits per heavy atom. The Morgan fingerprint density at radius 2 is 1.97 bits per heavy atom. The first-order valence-electron chi connectivity index (χ1n) is 12.1. The van der Waals surface area contributed by atoms with Crippen molar-refractivity contribution in [1.82, 2.24) is 19.9 Å². The van der Waals surface area contributed by atoms with E-state index in [0.717, 1.165) is 62.5 Å². The molecule has 3 aliphatic heterocycles. The Hall–Kier alpha value is -3.22. The van der Waals surface area contributed by atoms with Crippen LogP contribution in [0, 0.1) is 0 Å². The topological polar surface area (TPSA) is 154 Å². The highest BCUT2D eigenvalue weighted by molar-refractivity contribution is 5.63. The summed E-state index contributed by atoms with van der Waals surface area (Å²) in [6.45, 7) is 5.18. The Kier molecular flexibility index (Phi) is 7.53. The first-order valence-corrected chi connectivity index (χ1v) is 12.1. The Labute approximate surface area is 203 Å². The van der Waals surface area contributed by atoms with Gasteiger partial charge in [-0.25, -0.2) is 8.78 Å². The van der Waals surface area contributed by atoms with E-state index in [0.29, 0.717) is 24.1 Å². The van der Waals surface area contributed by atoms with Crippen molar-refractivity contribution in [3.63, 3.8) is 0 Å². The van der Waals surface area contributed by atoms with Crippen LogP contribution in [0.25, 0.3) is 0 Å². The minimum Gasteiger partial charge on any atom is -0.391 e. The first-order chi connectivity index (χ1) is 16.7. The third-order valence-electron chi connectivity index (χ3n) is 6.14. The number of aliphatic hydroxyl groups excluding tert-OH is 1. The van der Waals surface area contributed by atoms with Gasteiger partial charge >= 0.3 is 0 Å². The number of nitrogen functional groups attached to an aromatic ring is 2. The summed E-state index contributed by atoms with van der Waals surface area (Å²) in [5.41, 5.74) is 12.5. The van der Waals surface area contributed by atoms with Crippen LogP contribution in [0.15, 0.2) is 6.07 Å². The molecular weight excluding hydrogens is 458 g/mol. The van der Waals surface area contributed by atoms with Crippen LogP contribution < -0.4 is 31.9 Å². The average Bonchev–Trinajstić information content (AvgIpc) is 3.42. The first kappa shape index (κ1) is 24.9. The predicted molar refractivity (Wildman–Crippen MR) is 133 cm³/mol. The number of nitrogens with two attached hydrogens (primary N) is 2. The number of rotatable bonds is 5. The third kappa shape index (κ3) is 6.27. The predicted octanol–water partition coefficient (Wildman–Crippen LogP) is 1.71. The van der Waals surface area contributed by atoms with Crippen molar-refractivity contribution in [3.05, 3.63) is 11.6 Å². The van der Waals surface area contributed by atoms with E-state index in [1.165, 1.54) is 4.90 Å².